The Kier molecular flexibility index (Phi) is 11.6. The van der Waals surface area contributed by atoms with E-state index in [1.807, 2.05) is 24.9 Å². The van der Waals surface area contributed by atoms with Crippen LogP contribution in [0.5, 0.6) is 0 Å². The number of rotatable bonds is 12. The van der Waals surface area contributed by atoms with Gasteiger partial charge in [0.05, 0.1) is 19.4 Å². The number of aliphatic hydroxyl groups excluding tert-OH is 2. The molecule has 0 aliphatic heterocycles. The number of nitrogens with zero attached hydrogens (tertiary/aromatic N) is 1. The highest BCUT2D eigenvalue weighted by Crippen LogP contribution is 2.39. The molecule has 1 aromatic heterocycles. The van der Waals surface area contributed by atoms with Gasteiger partial charge < -0.3 is 19.8 Å². The summed E-state index contributed by atoms with van der Waals surface area (Å²) in [6, 6.07) is 4.12. The normalized spacial score (nSPS) is 23.8. The Hall–Kier alpha value is -1.82. The minimum atomic E-state index is -0.723. The highest BCUT2D eigenvalue weighted by molar-refractivity contribution is 7.09. The van der Waals surface area contributed by atoms with Crippen LogP contribution in [0.1, 0.15) is 71.6 Å². The van der Waals surface area contributed by atoms with Crippen molar-refractivity contribution in [2.75, 3.05) is 14.2 Å². The first kappa shape index (κ1) is 28.4. The van der Waals surface area contributed by atoms with E-state index >= 15 is 0 Å². The summed E-state index contributed by atoms with van der Waals surface area (Å²) in [5, 5.41) is 24.4. The van der Waals surface area contributed by atoms with E-state index in [2.05, 4.69) is 57.4 Å². The molecule has 0 fully saturated rings. The van der Waals surface area contributed by atoms with Crippen LogP contribution in [0.3, 0.4) is 0 Å². The van der Waals surface area contributed by atoms with Crippen molar-refractivity contribution in [2.24, 2.45) is 11.8 Å². The molecule has 0 saturated heterocycles. The zero-order chi connectivity index (χ0) is 25.3. The van der Waals surface area contributed by atoms with Crippen molar-refractivity contribution >= 4 is 11.3 Å². The Morgan fingerprint density at radius 2 is 1.68 bits per heavy atom. The van der Waals surface area contributed by atoms with Gasteiger partial charge in [-0.05, 0) is 83.1 Å². The summed E-state index contributed by atoms with van der Waals surface area (Å²) in [5.74, 6) is 0.334. The number of allylic oxidation sites excluding steroid dienone is 6. The van der Waals surface area contributed by atoms with Crippen LogP contribution >= 0.6 is 11.3 Å². The van der Waals surface area contributed by atoms with E-state index in [4.69, 9.17) is 4.74 Å². The topological polar surface area (TPSA) is 52.9 Å². The van der Waals surface area contributed by atoms with Crippen molar-refractivity contribution in [2.45, 2.75) is 85.5 Å². The summed E-state index contributed by atoms with van der Waals surface area (Å²) < 4.78 is 5.59. The van der Waals surface area contributed by atoms with Gasteiger partial charge in [0.15, 0.2) is 0 Å². The van der Waals surface area contributed by atoms with E-state index in [-0.39, 0.29) is 11.8 Å². The van der Waals surface area contributed by atoms with Gasteiger partial charge in [0.1, 0.15) is 18.0 Å². The van der Waals surface area contributed by atoms with Crippen LogP contribution in [0.2, 0.25) is 0 Å². The van der Waals surface area contributed by atoms with E-state index in [1.54, 1.807) is 18.4 Å². The van der Waals surface area contributed by atoms with Gasteiger partial charge in [-0.15, -0.1) is 11.3 Å². The molecule has 1 unspecified atom stereocenters. The standard InChI is InChI=1S/C29H45NO3S/c1-20(2)11-8-12-21(3)13-9-14-22(4)16-17-25-23(5)27(31)29(33-7)26(28(25)32)30(6)19-24-15-10-18-34-24/h10-11,13,15-16,18,23,25,27-28,31-32H,8-9,12,14,17,19H2,1-7H3/b21-13+,22-16+/t23-,25-,27?,28-/m0/s1. The van der Waals surface area contributed by atoms with Crippen LogP contribution in [0.15, 0.2) is 63.9 Å². The van der Waals surface area contributed by atoms with E-state index in [0.717, 1.165) is 32.1 Å². The smallest absolute Gasteiger partial charge is 0.146 e. The summed E-state index contributed by atoms with van der Waals surface area (Å²) >= 11 is 1.69. The molecule has 0 aromatic carbocycles. The Morgan fingerprint density at radius 3 is 2.26 bits per heavy atom. The molecule has 0 radical (unpaired) electrons. The van der Waals surface area contributed by atoms with Gasteiger partial charge in [-0.25, -0.2) is 0 Å². The summed E-state index contributed by atoms with van der Waals surface area (Å²) in [7, 11) is 3.54. The number of likely N-dealkylation sites (N-methyl/N-ethyl adjacent to an activating group) is 1. The first-order valence-corrected chi connectivity index (χ1v) is 13.4. The van der Waals surface area contributed by atoms with Gasteiger partial charge in [-0.3, -0.25) is 0 Å². The van der Waals surface area contributed by atoms with Crippen LogP contribution in [0, 0.1) is 11.8 Å². The molecule has 5 heteroatoms. The Morgan fingerprint density at radius 1 is 1.03 bits per heavy atom. The lowest BCUT2D eigenvalue weighted by atomic mass is 9.75. The van der Waals surface area contributed by atoms with Gasteiger partial charge in [-0.1, -0.05) is 47.9 Å². The fraction of sp³-hybridized carbons (Fsp3) is 0.586. The second-order valence-electron chi connectivity index (χ2n) is 10.00. The van der Waals surface area contributed by atoms with Crippen molar-refractivity contribution in [1.82, 2.24) is 4.90 Å². The van der Waals surface area contributed by atoms with Crippen molar-refractivity contribution in [3.05, 3.63) is 68.8 Å². The molecule has 34 heavy (non-hydrogen) atoms. The van der Waals surface area contributed by atoms with Crippen LogP contribution < -0.4 is 0 Å². The molecule has 4 nitrogen and oxygen atoms in total. The number of thiophene rings is 1. The monoisotopic (exact) mass is 487 g/mol. The summed E-state index contributed by atoms with van der Waals surface area (Å²) in [5.41, 5.74) is 4.86. The summed E-state index contributed by atoms with van der Waals surface area (Å²) in [6.45, 7) is 11.4. The lowest BCUT2D eigenvalue weighted by molar-refractivity contribution is -0.0206. The molecule has 1 heterocycles. The van der Waals surface area contributed by atoms with Crippen LogP contribution in [-0.4, -0.2) is 41.5 Å². The summed E-state index contributed by atoms with van der Waals surface area (Å²) in [6.07, 6.45) is 10.5. The Labute approximate surface area is 211 Å². The fourth-order valence-electron chi connectivity index (χ4n) is 4.64. The minimum Gasteiger partial charge on any atom is -0.496 e. The lowest BCUT2D eigenvalue weighted by Crippen LogP contribution is -2.46. The highest BCUT2D eigenvalue weighted by Gasteiger charge is 2.42. The summed E-state index contributed by atoms with van der Waals surface area (Å²) in [4.78, 5) is 3.24. The molecule has 0 saturated carbocycles. The number of methoxy groups -OCH3 is 1. The number of aliphatic hydroxyl groups is 2. The molecule has 2 N–H and O–H groups in total. The maximum Gasteiger partial charge on any atom is 0.146 e. The lowest BCUT2D eigenvalue weighted by Gasteiger charge is -2.42. The minimum absolute atomic E-state index is 0.0639. The van der Waals surface area contributed by atoms with Crippen molar-refractivity contribution < 1.29 is 14.9 Å². The molecule has 0 spiro atoms. The van der Waals surface area contributed by atoms with Gasteiger partial charge >= 0.3 is 0 Å². The van der Waals surface area contributed by atoms with Gasteiger partial charge in [0.2, 0.25) is 0 Å². The molecule has 1 aliphatic rings. The molecule has 1 aliphatic carbocycles. The van der Waals surface area contributed by atoms with Crippen molar-refractivity contribution in [3.63, 3.8) is 0 Å². The predicted molar refractivity (Wildman–Crippen MR) is 145 cm³/mol. The van der Waals surface area contributed by atoms with Crippen LogP contribution in [-0.2, 0) is 11.3 Å². The maximum absolute atomic E-state index is 11.4. The van der Waals surface area contributed by atoms with E-state index < -0.39 is 12.2 Å². The third kappa shape index (κ3) is 8.14. The fourth-order valence-corrected chi connectivity index (χ4v) is 5.40. The van der Waals surface area contributed by atoms with E-state index in [0.29, 0.717) is 18.0 Å². The second kappa shape index (κ2) is 13.9. The largest absolute Gasteiger partial charge is 0.496 e. The van der Waals surface area contributed by atoms with Crippen molar-refractivity contribution in [1.29, 1.82) is 0 Å². The third-order valence-electron chi connectivity index (χ3n) is 6.85. The zero-order valence-electron chi connectivity index (χ0n) is 22.2. The van der Waals surface area contributed by atoms with E-state index in [9.17, 15) is 10.2 Å². The molecule has 0 bridgehead atoms. The van der Waals surface area contributed by atoms with Crippen LogP contribution in [0.25, 0.3) is 0 Å². The number of hydrogen-bond donors (Lipinski definition) is 2. The Balaban J connectivity index is 2.03. The van der Waals surface area contributed by atoms with Gasteiger partial charge in [0, 0.05) is 11.9 Å². The molecule has 190 valence electrons. The molecule has 4 atom stereocenters. The quantitative estimate of drug-likeness (QED) is 0.317. The van der Waals surface area contributed by atoms with Gasteiger partial charge in [-0.2, -0.15) is 0 Å². The molecule has 0 amide bonds. The molecule has 2 rings (SSSR count). The van der Waals surface area contributed by atoms with Crippen LogP contribution in [0.4, 0.5) is 0 Å². The van der Waals surface area contributed by atoms with Crippen molar-refractivity contribution in [3.8, 4) is 0 Å². The average molecular weight is 488 g/mol. The number of ether oxygens (including phenoxy) is 1. The zero-order valence-corrected chi connectivity index (χ0v) is 23.0. The van der Waals surface area contributed by atoms with Gasteiger partial charge in [0.25, 0.3) is 0 Å². The van der Waals surface area contributed by atoms with E-state index in [1.165, 1.54) is 21.6 Å². The molecule has 1 aromatic rings. The average Bonchev–Trinajstić information content (AvgIpc) is 3.28. The second-order valence-corrected chi connectivity index (χ2v) is 11.0. The highest BCUT2D eigenvalue weighted by atomic mass is 32.1. The maximum atomic E-state index is 11.4. The Bertz CT molecular complexity index is 877. The SMILES string of the molecule is COC1=C(N(C)Cc2cccs2)[C@@H](O)[C@@H](C/C=C(\C)CC/C=C(\C)CCC=C(C)C)[C@H](C)C1O. The predicted octanol–water partition coefficient (Wildman–Crippen LogP) is 6.83. The third-order valence-corrected chi connectivity index (χ3v) is 7.71. The first-order valence-electron chi connectivity index (χ1n) is 12.5. The first-order chi connectivity index (χ1) is 16.1. The number of hydrogen-bond acceptors (Lipinski definition) is 5. The molecular weight excluding hydrogens is 442 g/mol. The molecular formula is C29H45NO3S.